The number of carbonyl (C=O) groups excluding carboxylic acids is 1. The summed E-state index contributed by atoms with van der Waals surface area (Å²) in [5.74, 6) is -0.862. The summed E-state index contributed by atoms with van der Waals surface area (Å²) < 4.78 is 0. The molecule has 5 nitrogen and oxygen atoms in total. The highest BCUT2D eigenvalue weighted by atomic mass is 16.4. The molecule has 5 heteroatoms. The molecule has 98 valence electrons. The number of amides is 1. The van der Waals surface area contributed by atoms with E-state index in [9.17, 15) is 9.59 Å². The van der Waals surface area contributed by atoms with Crippen LogP contribution in [-0.4, -0.2) is 36.1 Å². The zero-order valence-electron chi connectivity index (χ0n) is 10.4. The normalized spacial score (nSPS) is 21.8. The topological polar surface area (TPSA) is 78.4 Å². The van der Waals surface area contributed by atoms with Crippen LogP contribution >= 0.6 is 0 Å². The van der Waals surface area contributed by atoms with E-state index in [-0.39, 0.29) is 24.3 Å². The lowest BCUT2D eigenvalue weighted by Gasteiger charge is -2.24. The molecule has 1 amide bonds. The lowest BCUT2D eigenvalue weighted by molar-refractivity contribution is -0.137. The molecule has 1 saturated heterocycles. The second-order valence-corrected chi connectivity index (χ2v) is 4.64. The van der Waals surface area contributed by atoms with E-state index in [0.29, 0.717) is 6.54 Å². The molecule has 0 bridgehead atoms. The van der Waals surface area contributed by atoms with E-state index in [1.165, 1.54) is 0 Å². The monoisotopic (exact) mass is 242 g/mol. The Morgan fingerprint density at radius 1 is 1.53 bits per heavy atom. The third-order valence-electron chi connectivity index (χ3n) is 3.07. The summed E-state index contributed by atoms with van der Waals surface area (Å²) in [6.45, 7) is 3.66. The van der Waals surface area contributed by atoms with Crippen molar-refractivity contribution in [3.8, 4) is 0 Å². The van der Waals surface area contributed by atoms with Gasteiger partial charge in [0, 0.05) is 12.6 Å². The number of hydrogen-bond donors (Lipinski definition) is 3. The Bertz CT molecular complexity index is 262. The molecule has 0 saturated carbocycles. The molecule has 0 radical (unpaired) electrons. The number of carbonyl (C=O) groups is 2. The van der Waals surface area contributed by atoms with Gasteiger partial charge < -0.3 is 15.7 Å². The van der Waals surface area contributed by atoms with Gasteiger partial charge in [0.05, 0.1) is 12.3 Å². The SMILES string of the molecule is CCCC(CC(=O)O)NC(=O)[C@H]1CCCNC1. The Balaban J connectivity index is 2.41. The standard InChI is InChI=1S/C12H22N2O3/c1-2-4-10(7-11(15)16)14-12(17)9-5-3-6-13-8-9/h9-10,13H,2-8H2,1H3,(H,14,17)(H,15,16)/t9-,10?/m0/s1. The van der Waals surface area contributed by atoms with Gasteiger partial charge in [-0.15, -0.1) is 0 Å². The first-order chi connectivity index (χ1) is 8.13. The zero-order chi connectivity index (χ0) is 12.7. The number of carboxylic acids is 1. The number of hydrogen-bond acceptors (Lipinski definition) is 3. The zero-order valence-corrected chi connectivity index (χ0v) is 10.4. The molecule has 0 aromatic rings. The number of piperidine rings is 1. The van der Waals surface area contributed by atoms with Crippen LogP contribution in [0.1, 0.15) is 39.0 Å². The third-order valence-corrected chi connectivity index (χ3v) is 3.07. The molecule has 1 fully saturated rings. The van der Waals surface area contributed by atoms with E-state index in [1.807, 2.05) is 6.92 Å². The smallest absolute Gasteiger partial charge is 0.305 e. The maximum absolute atomic E-state index is 11.9. The highest BCUT2D eigenvalue weighted by Gasteiger charge is 2.23. The van der Waals surface area contributed by atoms with Gasteiger partial charge in [0.25, 0.3) is 0 Å². The van der Waals surface area contributed by atoms with Gasteiger partial charge in [0.15, 0.2) is 0 Å². The summed E-state index contributed by atoms with van der Waals surface area (Å²) in [5, 5.41) is 14.8. The Morgan fingerprint density at radius 3 is 2.82 bits per heavy atom. The van der Waals surface area contributed by atoms with Gasteiger partial charge in [-0.05, 0) is 25.8 Å². The Kier molecular flexibility index (Phi) is 5.97. The quantitative estimate of drug-likeness (QED) is 0.642. The Hall–Kier alpha value is -1.10. The molecule has 17 heavy (non-hydrogen) atoms. The average molecular weight is 242 g/mol. The fourth-order valence-electron chi connectivity index (χ4n) is 2.18. The summed E-state index contributed by atoms with van der Waals surface area (Å²) in [5.41, 5.74) is 0. The van der Waals surface area contributed by atoms with Crippen molar-refractivity contribution in [3.63, 3.8) is 0 Å². The van der Waals surface area contributed by atoms with Crippen LogP contribution in [-0.2, 0) is 9.59 Å². The molecule has 1 aliphatic rings. The number of nitrogens with one attached hydrogen (secondary N) is 2. The van der Waals surface area contributed by atoms with Crippen molar-refractivity contribution in [2.24, 2.45) is 5.92 Å². The van der Waals surface area contributed by atoms with Crippen LogP contribution in [0.2, 0.25) is 0 Å². The summed E-state index contributed by atoms with van der Waals surface area (Å²) in [4.78, 5) is 22.6. The number of rotatable bonds is 6. The average Bonchev–Trinajstić information content (AvgIpc) is 2.29. The molecule has 1 rings (SSSR count). The summed E-state index contributed by atoms with van der Waals surface area (Å²) in [6.07, 6.45) is 3.51. The van der Waals surface area contributed by atoms with Crippen molar-refractivity contribution in [1.82, 2.24) is 10.6 Å². The Morgan fingerprint density at radius 2 is 2.29 bits per heavy atom. The van der Waals surface area contributed by atoms with Crippen LogP contribution in [0.25, 0.3) is 0 Å². The van der Waals surface area contributed by atoms with Crippen molar-refractivity contribution in [1.29, 1.82) is 0 Å². The van der Waals surface area contributed by atoms with E-state index in [2.05, 4.69) is 10.6 Å². The van der Waals surface area contributed by atoms with Gasteiger partial charge in [0.1, 0.15) is 0 Å². The summed E-state index contributed by atoms with van der Waals surface area (Å²) >= 11 is 0. The van der Waals surface area contributed by atoms with E-state index in [1.54, 1.807) is 0 Å². The fraction of sp³-hybridized carbons (Fsp3) is 0.833. The minimum atomic E-state index is -0.856. The van der Waals surface area contributed by atoms with E-state index < -0.39 is 5.97 Å². The first kappa shape index (κ1) is 14.0. The van der Waals surface area contributed by atoms with Gasteiger partial charge in [-0.25, -0.2) is 0 Å². The highest BCUT2D eigenvalue weighted by Crippen LogP contribution is 2.11. The van der Waals surface area contributed by atoms with Crippen molar-refractivity contribution in [3.05, 3.63) is 0 Å². The van der Waals surface area contributed by atoms with Crippen LogP contribution in [0.4, 0.5) is 0 Å². The molecule has 0 aromatic heterocycles. The molecule has 0 aromatic carbocycles. The molecule has 0 spiro atoms. The predicted octanol–water partition coefficient (Wildman–Crippen LogP) is 0.746. The molecule has 2 atom stereocenters. The van der Waals surface area contributed by atoms with Crippen molar-refractivity contribution >= 4 is 11.9 Å². The first-order valence-corrected chi connectivity index (χ1v) is 6.36. The number of carboxylic acid groups (broad SMARTS) is 1. The first-order valence-electron chi connectivity index (χ1n) is 6.36. The molecule has 1 aliphatic heterocycles. The molecule has 1 heterocycles. The molecular formula is C12H22N2O3. The van der Waals surface area contributed by atoms with Gasteiger partial charge >= 0.3 is 5.97 Å². The van der Waals surface area contributed by atoms with Crippen LogP contribution in [0.3, 0.4) is 0 Å². The van der Waals surface area contributed by atoms with E-state index in [4.69, 9.17) is 5.11 Å². The lowest BCUT2D eigenvalue weighted by atomic mass is 9.97. The second-order valence-electron chi connectivity index (χ2n) is 4.64. The van der Waals surface area contributed by atoms with Crippen molar-refractivity contribution < 1.29 is 14.7 Å². The van der Waals surface area contributed by atoms with Crippen LogP contribution in [0.5, 0.6) is 0 Å². The van der Waals surface area contributed by atoms with Gasteiger partial charge in [-0.2, -0.15) is 0 Å². The van der Waals surface area contributed by atoms with Gasteiger partial charge in [-0.3, -0.25) is 9.59 Å². The van der Waals surface area contributed by atoms with Gasteiger partial charge in [0.2, 0.25) is 5.91 Å². The largest absolute Gasteiger partial charge is 0.481 e. The molecule has 1 unspecified atom stereocenters. The van der Waals surface area contributed by atoms with Gasteiger partial charge in [-0.1, -0.05) is 13.3 Å². The minimum Gasteiger partial charge on any atom is -0.481 e. The second kappa shape index (κ2) is 7.27. The van der Waals surface area contributed by atoms with E-state index in [0.717, 1.165) is 32.2 Å². The van der Waals surface area contributed by atoms with Crippen LogP contribution in [0.15, 0.2) is 0 Å². The minimum absolute atomic E-state index is 0.00287. The number of aliphatic carboxylic acids is 1. The molecule has 3 N–H and O–H groups in total. The van der Waals surface area contributed by atoms with Crippen LogP contribution in [0, 0.1) is 5.92 Å². The highest BCUT2D eigenvalue weighted by molar-refractivity contribution is 5.80. The Labute approximate surface area is 102 Å². The summed E-state index contributed by atoms with van der Waals surface area (Å²) in [6, 6.07) is -0.230. The molecule has 0 aliphatic carbocycles. The van der Waals surface area contributed by atoms with Crippen molar-refractivity contribution in [2.75, 3.05) is 13.1 Å². The molecular weight excluding hydrogens is 220 g/mol. The maximum atomic E-state index is 11.9. The lowest BCUT2D eigenvalue weighted by Crippen LogP contribution is -2.45. The van der Waals surface area contributed by atoms with Crippen molar-refractivity contribution in [2.45, 2.75) is 45.1 Å². The van der Waals surface area contributed by atoms with E-state index >= 15 is 0 Å². The third kappa shape index (κ3) is 5.17. The van der Waals surface area contributed by atoms with Crippen LogP contribution < -0.4 is 10.6 Å². The predicted molar refractivity (Wildman–Crippen MR) is 64.7 cm³/mol. The maximum Gasteiger partial charge on any atom is 0.305 e. The fourth-order valence-corrected chi connectivity index (χ4v) is 2.18. The summed E-state index contributed by atoms with van der Waals surface area (Å²) in [7, 11) is 0.